The minimum atomic E-state index is -0.135. The van der Waals surface area contributed by atoms with Crippen molar-refractivity contribution in [2.24, 2.45) is 0 Å². The Hall–Kier alpha value is -2.11. The van der Waals surface area contributed by atoms with Gasteiger partial charge in [0, 0.05) is 44.7 Å². The van der Waals surface area contributed by atoms with Gasteiger partial charge in [0.1, 0.15) is 0 Å². The Bertz CT molecular complexity index is 714. The van der Waals surface area contributed by atoms with Crippen LogP contribution < -0.4 is 10.6 Å². The molecule has 0 unspecified atom stereocenters. The summed E-state index contributed by atoms with van der Waals surface area (Å²) in [6.07, 6.45) is 0.347. The lowest BCUT2D eigenvalue weighted by molar-refractivity contribution is -0.131. The Kier molecular flexibility index (Phi) is 6.58. The van der Waals surface area contributed by atoms with Crippen molar-refractivity contribution < 1.29 is 9.59 Å². The fourth-order valence-electron chi connectivity index (χ4n) is 2.79. The topological polar surface area (TPSA) is 61.4 Å². The fraction of sp³-hybridized carbons (Fsp3) is 0.333. The minimum Gasteiger partial charge on any atom is -0.352 e. The van der Waals surface area contributed by atoms with Crippen molar-refractivity contribution in [3.8, 4) is 0 Å². The minimum absolute atomic E-state index is 0. The highest BCUT2D eigenvalue weighted by molar-refractivity contribution is 5.98. The van der Waals surface area contributed by atoms with Gasteiger partial charge in [-0.2, -0.15) is 0 Å². The monoisotopic (exact) mass is 347 g/mol. The molecule has 0 aliphatic carbocycles. The molecule has 5 nitrogen and oxygen atoms in total. The lowest BCUT2D eigenvalue weighted by Crippen LogP contribution is -2.47. The number of hydrogen-bond donors (Lipinski definition) is 2. The third kappa shape index (κ3) is 4.46. The van der Waals surface area contributed by atoms with Gasteiger partial charge in [-0.05, 0) is 22.9 Å². The molecule has 0 radical (unpaired) electrons. The summed E-state index contributed by atoms with van der Waals surface area (Å²) in [4.78, 5) is 26.1. The van der Waals surface area contributed by atoms with E-state index >= 15 is 0 Å². The summed E-state index contributed by atoms with van der Waals surface area (Å²) < 4.78 is 0. The number of amides is 2. The Morgan fingerprint density at radius 3 is 2.50 bits per heavy atom. The van der Waals surface area contributed by atoms with Crippen molar-refractivity contribution in [3.63, 3.8) is 0 Å². The third-order valence-electron chi connectivity index (χ3n) is 4.11. The van der Waals surface area contributed by atoms with Gasteiger partial charge in [-0.1, -0.05) is 30.3 Å². The predicted octanol–water partition coefficient (Wildman–Crippen LogP) is 1.81. The molecule has 0 saturated carbocycles. The fourth-order valence-corrected chi connectivity index (χ4v) is 2.79. The number of halogens is 1. The Labute approximate surface area is 147 Å². The zero-order chi connectivity index (χ0) is 16.1. The summed E-state index contributed by atoms with van der Waals surface area (Å²) in [7, 11) is 0. The number of benzene rings is 2. The van der Waals surface area contributed by atoms with Crippen molar-refractivity contribution in [2.45, 2.75) is 6.42 Å². The van der Waals surface area contributed by atoms with Crippen LogP contribution in [0, 0.1) is 0 Å². The second-order valence-electron chi connectivity index (χ2n) is 5.70. The molecule has 0 bridgehead atoms. The molecule has 1 saturated heterocycles. The van der Waals surface area contributed by atoms with Crippen LogP contribution in [0.1, 0.15) is 16.8 Å². The van der Waals surface area contributed by atoms with Crippen molar-refractivity contribution in [2.75, 3.05) is 32.7 Å². The average molecular weight is 348 g/mol. The molecule has 1 aliphatic rings. The Balaban J connectivity index is 0.00000208. The van der Waals surface area contributed by atoms with Crippen molar-refractivity contribution >= 4 is 35.0 Å². The number of nitrogens with one attached hydrogen (secondary N) is 2. The van der Waals surface area contributed by atoms with E-state index in [4.69, 9.17) is 0 Å². The first-order chi connectivity index (χ1) is 11.2. The Morgan fingerprint density at radius 2 is 1.75 bits per heavy atom. The molecule has 0 aromatic heterocycles. The summed E-state index contributed by atoms with van der Waals surface area (Å²) in [5.74, 6) is -0.0332. The van der Waals surface area contributed by atoms with Crippen molar-refractivity contribution in [3.05, 3.63) is 48.0 Å². The van der Waals surface area contributed by atoms with Crippen molar-refractivity contribution in [1.82, 2.24) is 15.5 Å². The van der Waals surface area contributed by atoms with Gasteiger partial charge >= 0.3 is 0 Å². The smallest absolute Gasteiger partial charge is 0.251 e. The van der Waals surface area contributed by atoms with Crippen LogP contribution in [0.2, 0.25) is 0 Å². The van der Waals surface area contributed by atoms with Crippen LogP contribution in [0.25, 0.3) is 10.8 Å². The molecule has 1 aliphatic heterocycles. The number of piperazine rings is 1. The van der Waals surface area contributed by atoms with E-state index in [2.05, 4.69) is 10.6 Å². The molecular weight excluding hydrogens is 326 g/mol. The van der Waals surface area contributed by atoms with Gasteiger partial charge in [-0.15, -0.1) is 12.4 Å². The molecule has 1 heterocycles. The highest BCUT2D eigenvalue weighted by Gasteiger charge is 2.16. The van der Waals surface area contributed by atoms with Crippen LogP contribution in [-0.2, 0) is 4.79 Å². The molecule has 2 N–H and O–H groups in total. The summed E-state index contributed by atoms with van der Waals surface area (Å²) in [5.41, 5.74) is 0.623. The summed E-state index contributed by atoms with van der Waals surface area (Å²) in [6.45, 7) is 3.55. The Morgan fingerprint density at radius 1 is 1.04 bits per heavy atom. The molecule has 6 heteroatoms. The van der Waals surface area contributed by atoms with E-state index < -0.39 is 0 Å². The highest BCUT2D eigenvalue weighted by atomic mass is 35.5. The molecular formula is C18H22ClN3O2. The van der Waals surface area contributed by atoms with Crippen molar-refractivity contribution in [1.29, 1.82) is 0 Å². The van der Waals surface area contributed by atoms with Crippen LogP contribution in [0.5, 0.6) is 0 Å². The number of nitrogens with zero attached hydrogens (tertiary/aromatic N) is 1. The van der Waals surface area contributed by atoms with E-state index in [0.29, 0.717) is 18.5 Å². The largest absolute Gasteiger partial charge is 0.352 e. The van der Waals surface area contributed by atoms with Gasteiger partial charge in [-0.25, -0.2) is 0 Å². The highest BCUT2D eigenvalue weighted by Crippen LogP contribution is 2.15. The van der Waals surface area contributed by atoms with E-state index in [1.54, 1.807) is 0 Å². The summed E-state index contributed by atoms with van der Waals surface area (Å²) in [5, 5.41) is 8.20. The van der Waals surface area contributed by atoms with Gasteiger partial charge in [0.2, 0.25) is 5.91 Å². The first-order valence-electron chi connectivity index (χ1n) is 7.99. The second-order valence-corrected chi connectivity index (χ2v) is 5.70. The number of rotatable bonds is 4. The SMILES string of the molecule is Cl.O=C(NCCC(=O)N1CCNCC1)c1ccc2ccccc2c1. The van der Waals surface area contributed by atoms with E-state index in [1.807, 2.05) is 47.4 Å². The van der Waals surface area contributed by atoms with Gasteiger partial charge < -0.3 is 15.5 Å². The zero-order valence-electron chi connectivity index (χ0n) is 13.5. The standard InChI is InChI=1S/C18H21N3O2.ClH/c22-17(21-11-9-19-10-12-21)7-8-20-18(23)16-6-5-14-3-1-2-4-15(14)13-16;/h1-6,13,19H,7-12H2,(H,20,23);1H. The van der Waals surface area contributed by atoms with Crippen LogP contribution in [0.15, 0.2) is 42.5 Å². The second kappa shape index (κ2) is 8.66. The summed E-state index contributed by atoms with van der Waals surface area (Å²) >= 11 is 0. The maximum atomic E-state index is 12.2. The summed E-state index contributed by atoms with van der Waals surface area (Å²) in [6, 6.07) is 13.6. The first kappa shape index (κ1) is 18.2. The van der Waals surface area contributed by atoms with Crippen LogP contribution in [-0.4, -0.2) is 49.4 Å². The van der Waals surface area contributed by atoms with Crippen LogP contribution >= 0.6 is 12.4 Å². The normalized spacial score (nSPS) is 14.1. The molecule has 3 rings (SSSR count). The lowest BCUT2D eigenvalue weighted by atomic mass is 10.1. The van der Waals surface area contributed by atoms with Crippen LogP contribution in [0.4, 0.5) is 0 Å². The predicted molar refractivity (Wildman–Crippen MR) is 97.6 cm³/mol. The molecule has 0 spiro atoms. The van der Waals surface area contributed by atoms with E-state index in [0.717, 1.165) is 37.0 Å². The van der Waals surface area contributed by atoms with Gasteiger partial charge in [0.05, 0.1) is 0 Å². The van der Waals surface area contributed by atoms with Crippen LogP contribution in [0.3, 0.4) is 0 Å². The number of carbonyl (C=O) groups excluding carboxylic acids is 2. The molecule has 2 aromatic rings. The molecule has 128 valence electrons. The maximum Gasteiger partial charge on any atom is 0.251 e. The van der Waals surface area contributed by atoms with E-state index in [1.165, 1.54) is 0 Å². The van der Waals surface area contributed by atoms with E-state index in [-0.39, 0.29) is 24.2 Å². The first-order valence-corrected chi connectivity index (χ1v) is 7.99. The number of fused-ring (bicyclic) bond motifs is 1. The maximum absolute atomic E-state index is 12.2. The molecule has 0 atom stereocenters. The number of carbonyl (C=O) groups is 2. The zero-order valence-corrected chi connectivity index (χ0v) is 14.3. The van der Waals surface area contributed by atoms with Gasteiger partial charge in [0.25, 0.3) is 5.91 Å². The molecule has 2 aromatic carbocycles. The quantitative estimate of drug-likeness (QED) is 0.886. The van der Waals surface area contributed by atoms with Gasteiger partial charge in [0.15, 0.2) is 0 Å². The lowest BCUT2D eigenvalue weighted by Gasteiger charge is -2.27. The molecule has 2 amide bonds. The third-order valence-corrected chi connectivity index (χ3v) is 4.11. The number of hydrogen-bond acceptors (Lipinski definition) is 3. The average Bonchev–Trinajstić information content (AvgIpc) is 2.61. The van der Waals surface area contributed by atoms with Gasteiger partial charge in [-0.3, -0.25) is 9.59 Å². The molecule has 1 fully saturated rings. The molecule has 24 heavy (non-hydrogen) atoms. The van der Waals surface area contributed by atoms with E-state index in [9.17, 15) is 9.59 Å².